The van der Waals surface area contributed by atoms with E-state index >= 15 is 0 Å². The molecule has 0 bridgehead atoms. The summed E-state index contributed by atoms with van der Waals surface area (Å²) in [6.45, 7) is 0. The molecule has 0 saturated heterocycles. The number of nitrogens with two attached hydrogens (primary N) is 1. The number of thioether (sulfide) groups is 1. The quantitative estimate of drug-likeness (QED) is 0.649. The molecule has 4 N–H and O–H groups in total. The minimum absolute atomic E-state index is 0.162. The monoisotopic (exact) mass is 251 g/mol. The van der Waals surface area contributed by atoms with Crippen LogP contribution < -0.4 is 11.1 Å². The van der Waals surface area contributed by atoms with E-state index in [1.807, 2.05) is 0 Å². The van der Waals surface area contributed by atoms with Gasteiger partial charge in [0.15, 0.2) is 0 Å². The van der Waals surface area contributed by atoms with Gasteiger partial charge in [-0.3, -0.25) is 10.1 Å². The van der Waals surface area contributed by atoms with Gasteiger partial charge in [-0.25, -0.2) is 15.1 Å². The molecule has 17 heavy (non-hydrogen) atoms. The molecule has 1 amide bonds. The summed E-state index contributed by atoms with van der Waals surface area (Å²) in [6, 6.07) is 1.67. The van der Waals surface area contributed by atoms with Crippen molar-refractivity contribution in [3.63, 3.8) is 0 Å². The van der Waals surface area contributed by atoms with Crippen LogP contribution in [-0.2, 0) is 4.79 Å². The minimum atomic E-state index is -0.232. The number of H-pyrrole nitrogens is 1. The van der Waals surface area contributed by atoms with Gasteiger partial charge in [0.05, 0.1) is 5.75 Å². The third kappa shape index (κ3) is 3.41. The van der Waals surface area contributed by atoms with Crippen molar-refractivity contribution in [2.24, 2.45) is 0 Å². The lowest BCUT2D eigenvalue weighted by molar-refractivity contribution is -0.113. The second-order valence-corrected chi connectivity index (χ2v) is 3.85. The fraction of sp³-hybridized carbons (Fsp3) is 0.125. The number of nitrogens with zero attached hydrogens (tertiary/aromatic N) is 4. The molecule has 9 heteroatoms. The molecule has 0 unspecified atom stereocenters. The van der Waals surface area contributed by atoms with Gasteiger partial charge in [0, 0.05) is 12.4 Å². The Morgan fingerprint density at radius 2 is 2.24 bits per heavy atom. The summed E-state index contributed by atoms with van der Waals surface area (Å²) in [7, 11) is 0. The molecule has 0 aliphatic heterocycles. The fourth-order valence-corrected chi connectivity index (χ4v) is 1.58. The topological polar surface area (TPSA) is 122 Å². The average Bonchev–Trinajstić information content (AvgIpc) is 2.74. The van der Waals surface area contributed by atoms with Crippen molar-refractivity contribution in [3.05, 3.63) is 18.5 Å². The lowest BCUT2D eigenvalue weighted by atomic mass is 10.6. The van der Waals surface area contributed by atoms with Crippen molar-refractivity contribution in [1.82, 2.24) is 25.1 Å². The van der Waals surface area contributed by atoms with E-state index in [1.165, 1.54) is 11.8 Å². The maximum absolute atomic E-state index is 11.5. The largest absolute Gasteiger partial charge is 0.368 e. The van der Waals surface area contributed by atoms with E-state index in [0.717, 1.165) is 0 Å². The van der Waals surface area contributed by atoms with E-state index in [0.29, 0.717) is 5.16 Å². The smallest absolute Gasteiger partial charge is 0.237 e. The Kier molecular flexibility index (Phi) is 3.50. The van der Waals surface area contributed by atoms with E-state index in [-0.39, 0.29) is 23.6 Å². The first-order valence-electron chi connectivity index (χ1n) is 4.61. The minimum Gasteiger partial charge on any atom is -0.368 e. The molecule has 2 aromatic heterocycles. The van der Waals surface area contributed by atoms with Crippen LogP contribution in [0.1, 0.15) is 0 Å². The number of amides is 1. The van der Waals surface area contributed by atoms with E-state index in [9.17, 15) is 4.79 Å². The standard InChI is InChI=1S/C8H9N7OS/c9-6-13-8(15-14-6)17-4-5(16)12-7-10-2-1-3-11-7/h1-3H,4H2,(H3,9,13,14,15)(H,10,11,12,16). The van der Waals surface area contributed by atoms with Gasteiger partial charge in [0.2, 0.25) is 23.0 Å². The highest BCUT2D eigenvalue weighted by atomic mass is 32.2. The van der Waals surface area contributed by atoms with Crippen molar-refractivity contribution in [3.8, 4) is 0 Å². The van der Waals surface area contributed by atoms with E-state index in [2.05, 4.69) is 30.5 Å². The highest BCUT2D eigenvalue weighted by Gasteiger charge is 2.07. The van der Waals surface area contributed by atoms with Crippen molar-refractivity contribution in [1.29, 1.82) is 0 Å². The molecule has 8 nitrogen and oxygen atoms in total. The molecule has 88 valence electrons. The number of nitrogen functional groups attached to an aromatic ring is 1. The Morgan fingerprint density at radius 1 is 1.47 bits per heavy atom. The van der Waals surface area contributed by atoms with Gasteiger partial charge in [-0.1, -0.05) is 11.8 Å². The molecule has 0 fully saturated rings. The lowest BCUT2D eigenvalue weighted by Gasteiger charge is -2.00. The summed E-state index contributed by atoms with van der Waals surface area (Å²) in [5.74, 6) is 0.423. The van der Waals surface area contributed by atoms with Crippen LogP contribution in [0.3, 0.4) is 0 Å². The predicted molar refractivity (Wildman–Crippen MR) is 62.2 cm³/mol. The first kappa shape index (κ1) is 11.3. The second-order valence-electron chi connectivity index (χ2n) is 2.91. The molecule has 0 radical (unpaired) electrons. The maximum atomic E-state index is 11.5. The molecule has 0 aliphatic rings. The second kappa shape index (κ2) is 5.25. The Labute approximate surface area is 100 Å². The number of carbonyl (C=O) groups is 1. The van der Waals surface area contributed by atoms with Crippen LogP contribution in [0.2, 0.25) is 0 Å². The summed E-state index contributed by atoms with van der Waals surface area (Å²) >= 11 is 1.17. The van der Waals surface area contributed by atoms with E-state index in [4.69, 9.17) is 5.73 Å². The van der Waals surface area contributed by atoms with Crippen LogP contribution in [0, 0.1) is 0 Å². The van der Waals surface area contributed by atoms with E-state index in [1.54, 1.807) is 18.5 Å². The van der Waals surface area contributed by atoms with Gasteiger partial charge in [-0.15, -0.1) is 5.10 Å². The van der Waals surface area contributed by atoms with Crippen LogP contribution in [0.4, 0.5) is 11.9 Å². The highest BCUT2D eigenvalue weighted by molar-refractivity contribution is 7.99. The summed E-state index contributed by atoms with van der Waals surface area (Å²) in [5.41, 5.74) is 5.35. The number of carbonyl (C=O) groups excluding carboxylic acids is 1. The Hall–Kier alpha value is -2.16. The van der Waals surface area contributed by atoms with Crippen molar-refractivity contribution < 1.29 is 4.79 Å². The molecular formula is C8H9N7OS. The van der Waals surface area contributed by atoms with Crippen molar-refractivity contribution in [2.45, 2.75) is 5.16 Å². The number of hydrogen-bond acceptors (Lipinski definition) is 7. The molecule has 2 rings (SSSR count). The molecule has 0 aromatic carbocycles. The van der Waals surface area contributed by atoms with Gasteiger partial charge < -0.3 is 5.73 Å². The third-order valence-electron chi connectivity index (χ3n) is 1.63. The lowest BCUT2D eigenvalue weighted by Crippen LogP contribution is -2.15. The van der Waals surface area contributed by atoms with Crippen molar-refractivity contribution in [2.75, 3.05) is 16.8 Å². The SMILES string of the molecule is Nc1nc(SCC(=O)Nc2ncccn2)n[nH]1. The number of nitrogens with one attached hydrogen (secondary N) is 2. The number of aromatic nitrogens is 5. The summed E-state index contributed by atoms with van der Waals surface area (Å²) in [4.78, 5) is 23.1. The zero-order chi connectivity index (χ0) is 12.1. The normalized spacial score (nSPS) is 10.1. The zero-order valence-corrected chi connectivity index (χ0v) is 9.44. The molecule has 0 atom stereocenters. The zero-order valence-electron chi connectivity index (χ0n) is 8.62. The Morgan fingerprint density at radius 3 is 2.88 bits per heavy atom. The maximum Gasteiger partial charge on any atom is 0.237 e. The highest BCUT2D eigenvalue weighted by Crippen LogP contribution is 2.12. The van der Waals surface area contributed by atoms with Gasteiger partial charge in [0.25, 0.3) is 0 Å². The van der Waals surface area contributed by atoms with Crippen LogP contribution in [-0.4, -0.2) is 36.8 Å². The first-order valence-corrected chi connectivity index (χ1v) is 5.60. The van der Waals surface area contributed by atoms with Crippen LogP contribution >= 0.6 is 11.8 Å². The van der Waals surface area contributed by atoms with Crippen LogP contribution in [0.15, 0.2) is 23.6 Å². The van der Waals surface area contributed by atoms with Gasteiger partial charge in [-0.2, -0.15) is 4.98 Å². The number of hydrogen-bond donors (Lipinski definition) is 3. The molecule has 0 saturated carbocycles. The van der Waals surface area contributed by atoms with Gasteiger partial charge in [-0.05, 0) is 6.07 Å². The summed E-state index contributed by atoms with van der Waals surface area (Å²) < 4.78 is 0. The summed E-state index contributed by atoms with van der Waals surface area (Å²) in [6.07, 6.45) is 3.09. The molecule has 2 aromatic rings. The molecule has 2 heterocycles. The number of rotatable bonds is 4. The van der Waals surface area contributed by atoms with Crippen molar-refractivity contribution >= 4 is 29.6 Å². The number of aromatic amines is 1. The predicted octanol–water partition coefficient (Wildman–Crippen LogP) is -0.0923. The fourth-order valence-electron chi connectivity index (χ4n) is 0.977. The molecule has 0 spiro atoms. The van der Waals surface area contributed by atoms with E-state index < -0.39 is 0 Å². The van der Waals surface area contributed by atoms with Gasteiger partial charge in [0.1, 0.15) is 0 Å². The number of anilines is 2. The third-order valence-corrected chi connectivity index (χ3v) is 2.48. The first-order chi connectivity index (χ1) is 8.24. The Bertz CT molecular complexity index is 500. The molecule has 0 aliphatic carbocycles. The van der Waals surface area contributed by atoms with Gasteiger partial charge >= 0.3 is 0 Å². The molecular weight excluding hydrogens is 242 g/mol. The summed E-state index contributed by atoms with van der Waals surface area (Å²) in [5, 5.41) is 9.23. The average molecular weight is 251 g/mol. The van der Waals surface area contributed by atoms with Crippen LogP contribution in [0.25, 0.3) is 0 Å². The van der Waals surface area contributed by atoms with Crippen LogP contribution in [0.5, 0.6) is 0 Å². The Balaban J connectivity index is 1.82.